The molecule has 1 N–H and O–H groups in total. The Hall–Kier alpha value is -1.55. The highest BCUT2D eigenvalue weighted by molar-refractivity contribution is 5.67. The minimum atomic E-state index is -0.688. The van der Waals surface area contributed by atoms with Gasteiger partial charge in [0.15, 0.2) is 0 Å². The number of hydrogen-bond donors (Lipinski definition) is 1. The third kappa shape index (κ3) is 3.70. The molecule has 0 aliphatic carbocycles. The van der Waals surface area contributed by atoms with Crippen molar-refractivity contribution in [2.45, 2.75) is 25.8 Å². The number of nitrogens with zero attached hydrogens (tertiary/aromatic N) is 1. The Morgan fingerprint density at radius 3 is 2.58 bits per heavy atom. The van der Waals surface area contributed by atoms with Crippen LogP contribution < -0.4 is 4.74 Å². The Labute approximate surface area is 114 Å². The zero-order valence-electron chi connectivity index (χ0n) is 11.5. The minimum Gasteiger partial charge on any atom is -0.497 e. The van der Waals surface area contributed by atoms with E-state index in [1.165, 1.54) is 5.56 Å². The van der Waals surface area contributed by atoms with Gasteiger partial charge >= 0.3 is 5.97 Å². The Kier molecular flexibility index (Phi) is 4.43. The molecule has 0 saturated carbocycles. The minimum absolute atomic E-state index is 0.297. The number of likely N-dealkylation sites (tertiary alicyclic amines) is 1. The highest BCUT2D eigenvalue weighted by Crippen LogP contribution is 2.23. The van der Waals surface area contributed by atoms with E-state index in [9.17, 15) is 4.79 Å². The maximum Gasteiger partial charge on any atom is 0.303 e. The van der Waals surface area contributed by atoms with Gasteiger partial charge in [-0.05, 0) is 37.0 Å². The van der Waals surface area contributed by atoms with E-state index in [4.69, 9.17) is 9.84 Å². The Balaban J connectivity index is 1.78. The van der Waals surface area contributed by atoms with Crippen LogP contribution in [0.25, 0.3) is 0 Å². The SMILES string of the molecule is COc1ccc(CC(C)N2CC(CC(=O)O)C2)cc1. The van der Waals surface area contributed by atoms with Gasteiger partial charge in [0.1, 0.15) is 5.75 Å². The van der Waals surface area contributed by atoms with Crippen molar-refractivity contribution >= 4 is 5.97 Å². The second-order valence-corrected chi connectivity index (χ2v) is 5.32. The van der Waals surface area contributed by atoms with Crippen molar-refractivity contribution in [3.8, 4) is 5.75 Å². The molecule has 1 saturated heterocycles. The molecule has 1 aliphatic rings. The van der Waals surface area contributed by atoms with Crippen LogP contribution in [0.3, 0.4) is 0 Å². The Morgan fingerprint density at radius 2 is 2.05 bits per heavy atom. The summed E-state index contributed by atoms with van der Waals surface area (Å²) in [4.78, 5) is 12.9. The van der Waals surface area contributed by atoms with Crippen molar-refractivity contribution < 1.29 is 14.6 Å². The molecule has 1 fully saturated rings. The summed E-state index contributed by atoms with van der Waals surface area (Å²) < 4.78 is 5.14. The van der Waals surface area contributed by atoms with Gasteiger partial charge in [-0.2, -0.15) is 0 Å². The van der Waals surface area contributed by atoms with Gasteiger partial charge in [0.05, 0.1) is 13.5 Å². The quantitative estimate of drug-likeness (QED) is 0.853. The molecule has 0 spiro atoms. The lowest BCUT2D eigenvalue weighted by molar-refractivity contribution is -0.139. The van der Waals surface area contributed by atoms with E-state index in [-0.39, 0.29) is 0 Å². The topological polar surface area (TPSA) is 49.8 Å². The summed E-state index contributed by atoms with van der Waals surface area (Å²) in [6, 6.07) is 8.59. The van der Waals surface area contributed by atoms with Crippen LogP contribution in [0.2, 0.25) is 0 Å². The zero-order valence-corrected chi connectivity index (χ0v) is 11.5. The summed E-state index contributed by atoms with van der Waals surface area (Å²) in [7, 11) is 1.67. The monoisotopic (exact) mass is 263 g/mol. The van der Waals surface area contributed by atoms with Gasteiger partial charge in [0.2, 0.25) is 0 Å². The number of benzene rings is 1. The average Bonchev–Trinajstić information content (AvgIpc) is 2.33. The number of rotatable bonds is 6. The first-order valence-corrected chi connectivity index (χ1v) is 6.67. The molecule has 0 aromatic heterocycles. The fraction of sp³-hybridized carbons (Fsp3) is 0.533. The van der Waals surface area contributed by atoms with Crippen molar-refractivity contribution in [3.05, 3.63) is 29.8 Å². The lowest BCUT2D eigenvalue weighted by atomic mass is 9.93. The number of carboxylic acid groups (broad SMARTS) is 1. The molecule has 1 atom stereocenters. The standard InChI is InChI=1S/C15H21NO3/c1-11(16-9-13(10-16)8-15(17)18)7-12-3-5-14(19-2)6-4-12/h3-6,11,13H,7-10H2,1-2H3,(H,17,18). The van der Waals surface area contributed by atoms with Gasteiger partial charge in [-0.25, -0.2) is 0 Å². The predicted molar refractivity (Wildman–Crippen MR) is 73.5 cm³/mol. The first-order chi connectivity index (χ1) is 9.08. The number of carboxylic acids is 1. The van der Waals surface area contributed by atoms with E-state index < -0.39 is 5.97 Å². The maximum absolute atomic E-state index is 10.6. The van der Waals surface area contributed by atoms with Crippen LogP contribution in [0.15, 0.2) is 24.3 Å². The second-order valence-electron chi connectivity index (χ2n) is 5.32. The Morgan fingerprint density at radius 1 is 1.42 bits per heavy atom. The van der Waals surface area contributed by atoms with Crippen molar-refractivity contribution in [1.82, 2.24) is 4.90 Å². The molecule has 1 heterocycles. The number of aliphatic carboxylic acids is 1. The second kappa shape index (κ2) is 6.06. The van der Waals surface area contributed by atoms with Crippen LogP contribution in [0.4, 0.5) is 0 Å². The number of hydrogen-bond acceptors (Lipinski definition) is 3. The summed E-state index contributed by atoms with van der Waals surface area (Å²) in [6.45, 7) is 4.01. The van der Waals surface area contributed by atoms with E-state index >= 15 is 0 Å². The molecule has 2 rings (SSSR count). The highest BCUT2D eigenvalue weighted by atomic mass is 16.5. The van der Waals surface area contributed by atoms with Crippen LogP contribution in [-0.2, 0) is 11.2 Å². The molecule has 1 aromatic rings. The predicted octanol–water partition coefficient (Wildman–Crippen LogP) is 2.03. The Bertz CT molecular complexity index is 424. The average molecular weight is 263 g/mol. The molecule has 1 aliphatic heterocycles. The molecule has 0 amide bonds. The molecule has 4 nitrogen and oxygen atoms in total. The zero-order chi connectivity index (χ0) is 13.8. The van der Waals surface area contributed by atoms with Crippen molar-refractivity contribution in [2.75, 3.05) is 20.2 Å². The normalized spacial score (nSPS) is 17.8. The van der Waals surface area contributed by atoms with Gasteiger partial charge in [-0.1, -0.05) is 12.1 Å². The van der Waals surface area contributed by atoms with Crippen LogP contribution in [0.1, 0.15) is 18.9 Å². The fourth-order valence-corrected chi connectivity index (χ4v) is 2.58. The van der Waals surface area contributed by atoms with Crippen molar-refractivity contribution in [1.29, 1.82) is 0 Å². The first-order valence-electron chi connectivity index (χ1n) is 6.67. The third-order valence-electron chi connectivity index (χ3n) is 3.76. The van der Waals surface area contributed by atoms with Gasteiger partial charge < -0.3 is 9.84 Å². The molecular formula is C15H21NO3. The van der Waals surface area contributed by atoms with Gasteiger partial charge in [0.25, 0.3) is 0 Å². The molecular weight excluding hydrogens is 242 g/mol. The van der Waals surface area contributed by atoms with Gasteiger partial charge in [-0.3, -0.25) is 9.69 Å². The molecule has 1 aromatic carbocycles. The van der Waals surface area contributed by atoms with Crippen LogP contribution in [0, 0.1) is 5.92 Å². The number of methoxy groups -OCH3 is 1. The van der Waals surface area contributed by atoms with Crippen LogP contribution in [0.5, 0.6) is 5.75 Å². The lowest BCUT2D eigenvalue weighted by Crippen LogP contribution is -2.52. The lowest BCUT2D eigenvalue weighted by Gasteiger charge is -2.42. The molecule has 0 bridgehead atoms. The maximum atomic E-state index is 10.6. The van der Waals surface area contributed by atoms with E-state index in [1.807, 2.05) is 12.1 Å². The van der Waals surface area contributed by atoms with Crippen molar-refractivity contribution in [2.24, 2.45) is 5.92 Å². The molecule has 4 heteroatoms. The first kappa shape index (κ1) is 13.9. The molecule has 0 radical (unpaired) electrons. The summed E-state index contributed by atoms with van der Waals surface area (Å²) in [5.74, 6) is 0.519. The van der Waals surface area contributed by atoms with Crippen LogP contribution in [-0.4, -0.2) is 42.2 Å². The summed E-state index contributed by atoms with van der Waals surface area (Å²) in [5.41, 5.74) is 1.29. The molecule has 1 unspecified atom stereocenters. The van der Waals surface area contributed by atoms with Crippen LogP contribution >= 0.6 is 0 Å². The number of carbonyl (C=O) groups is 1. The molecule has 104 valence electrons. The van der Waals surface area contributed by atoms with Gasteiger partial charge in [-0.15, -0.1) is 0 Å². The smallest absolute Gasteiger partial charge is 0.303 e. The summed E-state index contributed by atoms with van der Waals surface area (Å²) in [6.07, 6.45) is 1.29. The van der Waals surface area contributed by atoms with E-state index in [0.29, 0.717) is 18.4 Å². The summed E-state index contributed by atoms with van der Waals surface area (Å²) >= 11 is 0. The van der Waals surface area contributed by atoms with E-state index in [1.54, 1.807) is 7.11 Å². The largest absolute Gasteiger partial charge is 0.497 e. The van der Waals surface area contributed by atoms with E-state index in [0.717, 1.165) is 25.3 Å². The highest BCUT2D eigenvalue weighted by Gasteiger charge is 2.31. The van der Waals surface area contributed by atoms with E-state index in [2.05, 4.69) is 24.0 Å². The molecule has 19 heavy (non-hydrogen) atoms. The third-order valence-corrected chi connectivity index (χ3v) is 3.76. The summed E-state index contributed by atoms with van der Waals surface area (Å²) in [5, 5.41) is 8.73. The van der Waals surface area contributed by atoms with Crippen molar-refractivity contribution in [3.63, 3.8) is 0 Å². The van der Waals surface area contributed by atoms with Gasteiger partial charge in [0, 0.05) is 19.1 Å². The number of ether oxygens (including phenoxy) is 1. The fourth-order valence-electron chi connectivity index (χ4n) is 2.58.